The lowest BCUT2D eigenvalue weighted by atomic mass is 9.78. The molecule has 9 nitrogen and oxygen atoms in total. The molecule has 1 saturated heterocycles. The fourth-order valence-electron chi connectivity index (χ4n) is 5.11. The summed E-state index contributed by atoms with van der Waals surface area (Å²) in [4.78, 5) is 31.3. The number of fused-ring (bicyclic) bond motifs is 1. The summed E-state index contributed by atoms with van der Waals surface area (Å²) in [6, 6.07) is 10.9. The summed E-state index contributed by atoms with van der Waals surface area (Å²) in [6.07, 6.45) is 2.08. The summed E-state index contributed by atoms with van der Waals surface area (Å²) in [5, 5.41) is 12.5. The van der Waals surface area contributed by atoms with Gasteiger partial charge in [-0.15, -0.1) is 0 Å². The number of piperidine rings is 1. The number of nitrogens with one attached hydrogen (secondary N) is 1. The number of carboxylic acids is 1. The summed E-state index contributed by atoms with van der Waals surface area (Å²) in [6.45, 7) is 1.61. The standard InChI is InChI=1S/C27H33N3O6/c1-34-21-6-4-5-20(14-21)29-27(33)30-10-8-17(13-26(31)32)19(16-30)11-23-22-15-25(36-3)24(35-2)12-18(22)7-9-28-23/h4-6,12,14-15,17,19H,7-11,13,16H2,1-3H3,(H,29,33)(H,31,32). The maximum absolute atomic E-state index is 13.1. The lowest BCUT2D eigenvalue weighted by Gasteiger charge is -2.38. The Morgan fingerprint density at radius 2 is 1.86 bits per heavy atom. The number of aliphatic carboxylic acids is 1. The highest BCUT2D eigenvalue weighted by Crippen LogP contribution is 2.36. The quantitative estimate of drug-likeness (QED) is 0.571. The number of nitrogens with zero attached hydrogens (tertiary/aromatic N) is 2. The second-order valence-electron chi connectivity index (χ2n) is 9.16. The number of likely N-dealkylation sites (tertiary alicyclic amines) is 1. The Bertz CT molecular complexity index is 1150. The van der Waals surface area contributed by atoms with Crippen molar-refractivity contribution in [1.29, 1.82) is 0 Å². The molecule has 0 bridgehead atoms. The maximum atomic E-state index is 13.1. The number of hydrogen-bond donors (Lipinski definition) is 2. The average molecular weight is 496 g/mol. The number of hydrogen-bond acceptors (Lipinski definition) is 6. The highest BCUT2D eigenvalue weighted by molar-refractivity contribution is 6.03. The third kappa shape index (κ3) is 5.72. The molecule has 2 aromatic carbocycles. The Hall–Kier alpha value is -3.75. The van der Waals surface area contributed by atoms with Gasteiger partial charge in [0.25, 0.3) is 0 Å². The van der Waals surface area contributed by atoms with Gasteiger partial charge in [-0.2, -0.15) is 0 Å². The zero-order chi connectivity index (χ0) is 25.7. The van der Waals surface area contributed by atoms with Crippen LogP contribution in [-0.2, 0) is 11.2 Å². The van der Waals surface area contributed by atoms with Gasteiger partial charge in [-0.1, -0.05) is 6.07 Å². The molecule has 2 amide bonds. The molecule has 0 radical (unpaired) electrons. The number of aliphatic imine (C=N–C) groups is 1. The molecule has 2 unspecified atom stereocenters. The van der Waals surface area contributed by atoms with Crippen LogP contribution in [-0.4, -0.2) is 68.7 Å². The fourth-order valence-corrected chi connectivity index (χ4v) is 5.11. The third-order valence-corrected chi connectivity index (χ3v) is 7.00. The Balaban J connectivity index is 1.53. The van der Waals surface area contributed by atoms with Crippen LogP contribution in [0.3, 0.4) is 0 Å². The van der Waals surface area contributed by atoms with Crippen molar-refractivity contribution in [2.24, 2.45) is 16.8 Å². The molecule has 2 atom stereocenters. The number of amides is 2. The normalized spacial score (nSPS) is 19.1. The van der Waals surface area contributed by atoms with Gasteiger partial charge in [0, 0.05) is 49.1 Å². The average Bonchev–Trinajstić information content (AvgIpc) is 2.88. The Morgan fingerprint density at radius 1 is 1.08 bits per heavy atom. The monoisotopic (exact) mass is 495 g/mol. The third-order valence-electron chi connectivity index (χ3n) is 7.00. The second-order valence-corrected chi connectivity index (χ2v) is 9.16. The van der Waals surface area contributed by atoms with Gasteiger partial charge in [0.15, 0.2) is 11.5 Å². The first kappa shape index (κ1) is 25.3. The predicted octanol–water partition coefficient (Wildman–Crippen LogP) is 4.09. The van der Waals surface area contributed by atoms with Crippen LogP contribution in [0.2, 0.25) is 0 Å². The van der Waals surface area contributed by atoms with E-state index in [0.717, 1.165) is 23.3 Å². The van der Waals surface area contributed by atoms with Crippen molar-refractivity contribution in [1.82, 2.24) is 4.90 Å². The number of carbonyl (C=O) groups is 2. The summed E-state index contributed by atoms with van der Waals surface area (Å²) < 4.78 is 16.2. The van der Waals surface area contributed by atoms with Crippen molar-refractivity contribution in [2.45, 2.75) is 25.7 Å². The topological polar surface area (TPSA) is 110 Å². The zero-order valence-corrected chi connectivity index (χ0v) is 21.0. The van der Waals surface area contributed by atoms with Crippen LogP contribution in [0.25, 0.3) is 0 Å². The molecule has 0 aromatic heterocycles. The van der Waals surface area contributed by atoms with E-state index < -0.39 is 5.97 Å². The van der Waals surface area contributed by atoms with Crippen LogP contribution in [0, 0.1) is 11.8 Å². The van der Waals surface area contributed by atoms with Gasteiger partial charge in [0.05, 0.1) is 21.3 Å². The smallest absolute Gasteiger partial charge is 0.321 e. The summed E-state index contributed by atoms with van der Waals surface area (Å²) >= 11 is 0. The van der Waals surface area contributed by atoms with E-state index in [4.69, 9.17) is 19.2 Å². The van der Waals surface area contributed by atoms with Crippen LogP contribution < -0.4 is 19.5 Å². The SMILES string of the molecule is COc1cccc(NC(=O)N2CCC(CC(=O)O)C(CC3=NCCc4cc(OC)c(OC)cc43)C2)c1. The number of ether oxygens (including phenoxy) is 3. The molecular formula is C27H33N3O6. The summed E-state index contributed by atoms with van der Waals surface area (Å²) in [7, 11) is 4.80. The summed E-state index contributed by atoms with van der Waals surface area (Å²) in [5.41, 5.74) is 3.71. The molecule has 1 fully saturated rings. The van der Waals surface area contributed by atoms with Gasteiger partial charge in [-0.3, -0.25) is 9.79 Å². The molecule has 36 heavy (non-hydrogen) atoms. The van der Waals surface area contributed by atoms with Gasteiger partial charge in [-0.25, -0.2) is 4.79 Å². The number of benzene rings is 2. The molecule has 0 aliphatic carbocycles. The number of methoxy groups -OCH3 is 3. The predicted molar refractivity (Wildman–Crippen MR) is 137 cm³/mol. The summed E-state index contributed by atoms with van der Waals surface area (Å²) in [5.74, 6) is 1.07. The van der Waals surface area contributed by atoms with Crippen molar-refractivity contribution in [3.8, 4) is 17.2 Å². The molecule has 2 aromatic rings. The highest BCUT2D eigenvalue weighted by Gasteiger charge is 2.34. The lowest BCUT2D eigenvalue weighted by Crippen LogP contribution is -2.46. The van der Waals surface area contributed by atoms with Gasteiger partial charge in [0.1, 0.15) is 5.75 Å². The van der Waals surface area contributed by atoms with E-state index in [1.807, 2.05) is 30.3 Å². The van der Waals surface area contributed by atoms with Gasteiger partial charge in [-0.05, 0) is 60.9 Å². The molecule has 4 rings (SSSR count). The van der Waals surface area contributed by atoms with E-state index in [1.165, 1.54) is 0 Å². The molecule has 2 N–H and O–H groups in total. The van der Waals surface area contributed by atoms with Crippen molar-refractivity contribution in [2.75, 3.05) is 46.3 Å². The number of anilines is 1. The molecule has 0 saturated carbocycles. The van der Waals surface area contributed by atoms with Crippen LogP contribution in [0.1, 0.15) is 30.4 Å². The van der Waals surface area contributed by atoms with Gasteiger partial charge < -0.3 is 29.5 Å². The number of urea groups is 1. The first-order valence-electron chi connectivity index (χ1n) is 12.1. The zero-order valence-electron chi connectivity index (χ0n) is 21.0. The molecule has 192 valence electrons. The van der Waals surface area contributed by atoms with Crippen LogP contribution in [0.15, 0.2) is 41.4 Å². The number of carbonyl (C=O) groups excluding carboxylic acids is 1. The van der Waals surface area contributed by atoms with Crippen molar-refractivity contribution < 1.29 is 28.9 Å². The Morgan fingerprint density at radius 3 is 2.58 bits per heavy atom. The molecular weight excluding hydrogens is 462 g/mol. The number of carboxylic acid groups (broad SMARTS) is 1. The first-order valence-corrected chi connectivity index (χ1v) is 12.1. The van der Waals surface area contributed by atoms with Crippen molar-refractivity contribution in [3.05, 3.63) is 47.5 Å². The molecule has 0 spiro atoms. The minimum absolute atomic E-state index is 0.0382. The van der Waals surface area contributed by atoms with E-state index in [2.05, 4.69) is 5.32 Å². The van der Waals surface area contributed by atoms with Crippen molar-refractivity contribution >= 4 is 23.4 Å². The molecule has 2 heterocycles. The highest BCUT2D eigenvalue weighted by atomic mass is 16.5. The van der Waals surface area contributed by atoms with Gasteiger partial charge >= 0.3 is 12.0 Å². The van der Waals surface area contributed by atoms with Crippen LogP contribution >= 0.6 is 0 Å². The number of rotatable bonds is 8. The van der Waals surface area contributed by atoms with Crippen LogP contribution in [0.5, 0.6) is 17.2 Å². The van der Waals surface area contributed by atoms with E-state index in [9.17, 15) is 14.7 Å². The minimum Gasteiger partial charge on any atom is -0.497 e. The molecule has 2 aliphatic rings. The van der Waals surface area contributed by atoms with Gasteiger partial charge in [0.2, 0.25) is 0 Å². The largest absolute Gasteiger partial charge is 0.497 e. The van der Waals surface area contributed by atoms with Crippen molar-refractivity contribution in [3.63, 3.8) is 0 Å². The maximum Gasteiger partial charge on any atom is 0.321 e. The molecule has 2 aliphatic heterocycles. The van der Waals surface area contributed by atoms with E-state index in [0.29, 0.717) is 55.4 Å². The second kappa shape index (κ2) is 11.3. The Kier molecular flexibility index (Phi) is 7.97. The Labute approximate surface area is 211 Å². The van der Waals surface area contributed by atoms with E-state index in [1.54, 1.807) is 32.3 Å². The molecule has 9 heteroatoms. The van der Waals surface area contributed by atoms with E-state index >= 15 is 0 Å². The van der Waals surface area contributed by atoms with Crippen LogP contribution in [0.4, 0.5) is 10.5 Å². The van der Waals surface area contributed by atoms with E-state index in [-0.39, 0.29) is 24.3 Å². The minimum atomic E-state index is -0.823. The lowest BCUT2D eigenvalue weighted by molar-refractivity contribution is -0.138. The first-order chi connectivity index (χ1) is 17.4. The fraction of sp³-hybridized carbons (Fsp3) is 0.444.